The maximum absolute atomic E-state index is 13.2. The number of hydrogen-bond acceptors (Lipinski definition) is 7. The predicted molar refractivity (Wildman–Crippen MR) is 120 cm³/mol. The van der Waals surface area contributed by atoms with Crippen LogP contribution in [0, 0.1) is 13.8 Å². The summed E-state index contributed by atoms with van der Waals surface area (Å²) in [7, 11) is 0. The Morgan fingerprint density at radius 3 is 2.69 bits per heavy atom. The van der Waals surface area contributed by atoms with Crippen LogP contribution >= 0.6 is 11.5 Å². The number of aryl methyl sites for hydroxylation is 2. The summed E-state index contributed by atoms with van der Waals surface area (Å²) in [5.41, 5.74) is 3.60. The highest BCUT2D eigenvalue weighted by Gasteiger charge is 2.36. The lowest BCUT2D eigenvalue weighted by Crippen LogP contribution is -2.37. The largest absolute Gasteiger partial charge is 0.328 e. The van der Waals surface area contributed by atoms with Crippen molar-refractivity contribution < 1.29 is 9.59 Å². The van der Waals surface area contributed by atoms with E-state index in [0.29, 0.717) is 48.1 Å². The Kier molecular flexibility index (Phi) is 5.42. The summed E-state index contributed by atoms with van der Waals surface area (Å²) in [5.74, 6) is 1.28. The van der Waals surface area contributed by atoms with E-state index in [1.807, 2.05) is 42.2 Å². The van der Waals surface area contributed by atoms with Crippen LogP contribution in [0.2, 0.25) is 0 Å². The minimum absolute atomic E-state index is 0.0658. The van der Waals surface area contributed by atoms with Crippen molar-refractivity contribution in [3.63, 3.8) is 0 Å². The van der Waals surface area contributed by atoms with Crippen molar-refractivity contribution in [2.24, 2.45) is 0 Å². The van der Waals surface area contributed by atoms with Gasteiger partial charge in [-0.25, -0.2) is 9.97 Å². The monoisotopic (exact) mass is 448 g/mol. The number of amides is 2. The normalized spacial score (nSPS) is 18.2. The number of benzene rings is 1. The van der Waals surface area contributed by atoms with E-state index < -0.39 is 0 Å². The molecule has 32 heavy (non-hydrogen) atoms. The minimum atomic E-state index is -0.219. The fourth-order valence-electron chi connectivity index (χ4n) is 4.52. The highest BCUT2D eigenvalue weighted by atomic mass is 32.1. The molecule has 164 valence electrons. The van der Waals surface area contributed by atoms with E-state index in [2.05, 4.69) is 9.59 Å². The molecule has 1 unspecified atom stereocenters. The second kappa shape index (κ2) is 8.38. The van der Waals surface area contributed by atoms with Crippen LogP contribution in [0.5, 0.6) is 0 Å². The molecule has 0 N–H and O–H groups in total. The number of carbonyl (C=O) groups excluding carboxylic acids is 2. The smallest absolute Gasteiger partial charge is 0.268 e. The van der Waals surface area contributed by atoms with Crippen LogP contribution in [0.15, 0.2) is 30.3 Å². The van der Waals surface area contributed by atoms with Crippen LogP contribution in [0.4, 0.5) is 5.82 Å². The molecule has 3 aromatic rings. The zero-order chi connectivity index (χ0) is 22.2. The second-order valence-electron chi connectivity index (χ2n) is 8.28. The summed E-state index contributed by atoms with van der Waals surface area (Å²) in [5, 5.41) is 3.98. The zero-order valence-corrected chi connectivity index (χ0v) is 18.9. The van der Waals surface area contributed by atoms with Crippen molar-refractivity contribution in [3.8, 4) is 0 Å². The molecule has 9 heteroatoms. The van der Waals surface area contributed by atoms with Gasteiger partial charge in [-0.2, -0.15) is 0 Å². The van der Waals surface area contributed by atoms with Crippen LogP contribution in [-0.4, -0.2) is 42.8 Å². The fourth-order valence-corrected chi connectivity index (χ4v) is 5.13. The SMILES string of the molecule is Cc1nnsc1C(=O)N1CCCC1c1nc(C)c2c(n1)N(Cc1ccccc1)C(=O)CC2. The number of carbonyl (C=O) groups is 2. The summed E-state index contributed by atoms with van der Waals surface area (Å²) in [6.07, 6.45) is 2.77. The van der Waals surface area contributed by atoms with Gasteiger partial charge < -0.3 is 4.90 Å². The molecular formula is C23H24N6O2S. The van der Waals surface area contributed by atoms with Gasteiger partial charge in [0.25, 0.3) is 5.91 Å². The first-order valence-corrected chi connectivity index (χ1v) is 11.6. The minimum Gasteiger partial charge on any atom is -0.328 e. The van der Waals surface area contributed by atoms with Crippen LogP contribution in [0.3, 0.4) is 0 Å². The summed E-state index contributed by atoms with van der Waals surface area (Å²) in [6.45, 7) is 4.89. The van der Waals surface area contributed by atoms with Gasteiger partial charge in [-0.3, -0.25) is 14.5 Å². The maximum Gasteiger partial charge on any atom is 0.268 e. The van der Waals surface area contributed by atoms with E-state index in [1.165, 1.54) is 0 Å². The molecule has 0 spiro atoms. The molecule has 1 atom stereocenters. The first-order valence-electron chi connectivity index (χ1n) is 10.8. The standard InChI is InChI=1S/C23H24N6O2S/c1-14-17-10-11-19(30)29(13-16-7-4-3-5-8-16)22(17)25-21(24-14)18-9-6-12-28(18)23(31)20-15(2)26-27-32-20/h3-5,7-8,18H,6,9-13H2,1-2H3. The van der Waals surface area contributed by atoms with Gasteiger partial charge in [0, 0.05) is 24.2 Å². The Hall–Kier alpha value is -3.20. The number of anilines is 1. The molecule has 0 radical (unpaired) electrons. The summed E-state index contributed by atoms with van der Waals surface area (Å²) < 4.78 is 3.91. The summed E-state index contributed by atoms with van der Waals surface area (Å²) >= 11 is 1.12. The number of aromatic nitrogens is 4. The number of likely N-dealkylation sites (tertiary alicyclic amines) is 1. The first-order chi connectivity index (χ1) is 15.5. The Morgan fingerprint density at radius 2 is 1.94 bits per heavy atom. The van der Waals surface area contributed by atoms with Gasteiger partial charge in [0.2, 0.25) is 5.91 Å². The number of nitrogens with zero attached hydrogens (tertiary/aromatic N) is 6. The molecule has 2 aliphatic rings. The quantitative estimate of drug-likeness (QED) is 0.607. The lowest BCUT2D eigenvalue weighted by Gasteiger charge is -2.31. The lowest BCUT2D eigenvalue weighted by atomic mass is 10.0. The molecule has 2 aliphatic heterocycles. The molecule has 2 amide bonds. The molecule has 0 bridgehead atoms. The summed E-state index contributed by atoms with van der Waals surface area (Å²) in [6, 6.07) is 9.72. The third-order valence-electron chi connectivity index (χ3n) is 6.20. The average Bonchev–Trinajstić information content (AvgIpc) is 3.45. The van der Waals surface area contributed by atoms with Gasteiger partial charge >= 0.3 is 0 Å². The van der Waals surface area contributed by atoms with E-state index in [-0.39, 0.29) is 17.9 Å². The highest BCUT2D eigenvalue weighted by Crippen LogP contribution is 2.36. The second-order valence-corrected chi connectivity index (χ2v) is 9.03. The molecular weight excluding hydrogens is 424 g/mol. The van der Waals surface area contributed by atoms with Crippen molar-refractivity contribution in [2.75, 3.05) is 11.4 Å². The van der Waals surface area contributed by atoms with Crippen molar-refractivity contribution in [2.45, 2.75) is 52.1 Å². The van der Waals surface area contributed by atoms with Crippen LogP contribution < -0.4 is 4.90 Å². The maximum atomic E-state index is 13.2. The average molecular weight is 449 g/mol. The van der Waals surface area contributed by atoms with Crippen LogP contribution in [0.25, 0.3) is 0 Å². The van der Waals surface area contributed by atoms with E-state index in [4.69, 9.17) is 9.97 Å². The molecule has 2 aromatic heterocycles. The fraction of sp³-hybridized carbons (Fsp3) is 0.391. The Morgan fingerprint density at radius 1 is 1.12 bits per heavy atom. The number of rotatable bonds is 4. The molecule has 0 aliphatic carbocycles. The third-order valence-corrected chi connectivity index (χ3v) is 7.01. The molecule has 5 rings (SSSR count). The molecule has 8 nitrogen and oxygen atoms in total. The molecule has 0 saturated carbocycles. The third kappa shape index (κ3) is 3.66. The topological polar surface area (TPSA) is 92.2 Å². The van der Waals surface area contributed by atoms with Gasteiger partial charge in [0.15, 0.2) is 5.82 Å². The molecule has 1 fully saturated rings. The van der Waals surface area contributed by atoms with Gasteiger partial charge in [-0.05, 0) is 50.2 Å². The summed E-state index contributed by atoms with van der Waals surface area (Å²) in [4.78, 5) is 39.9. The Bertz CT molecular complexity index is 1180. The van der Waals surface area contributed by atoms with Crippen LogP contribution in [-0.2, 0) is 17.8 Å². The highest BCUT2D eigenvalue weighted by molar-refractivity contribution is 7.07. The van der Waals surface area contributed by atoms with Crippen molar-refractivity contribution in [1.29, 1.82) is 0 Å². The lowest BCUT2D eigenvalue weighted by molar-refractivity contribution is -0.119. The van der Waals surface area contributed by atoms with E-state index in [9.17, 15) is 9.59 Å². The van der Waals surface area contributed by atoms with Gasteiger partial charge in [-0.15, -0.1) is 5.10 Å². The Labute approximate surface area is 190 Å². The molecule has 4 heterocycles. The van der Waals surface area contributed by atoms with Gasteiger partial charge in [0.1, 0.15) is 10.7 Å². The van der Waals surface area contributed by atoms with Crippen molar-refractivity contribution >= 4 is 29.2 Å². The van der Waals surface area contributed by atoms with Crippen molar-refractivity contribution in [1.82, 2.24) is 24.5 Å². The number of hydrogen-bond donors (Lipinski definition) is 0. The van der Waals surface area contributed by atoms with E-state index in [1.54, 1.807) is 11.8 Å². The Balaban J connectivity index is 1.51. The zero-order valence-electron chi connectivity index (χ0n) is 18.1. The van der Waals surface area contributed by atoms with E-state index >= 15 is 0 Å². The number of fused-ring (bicyclic) bond motifs is 1. The molecule has 1 saturated heterocycles. The van der Waals surface area contributed by atoms with Crippen LogP contribution in [0.1, 0.15) is 63.3 Å². The van der Waals surface area contributed by atoms with Crippen molar-refractivity contribution in [3.05, 3.63) is 63.5 Å². The predicted octanol–water partition coefficient (Wildman–Crippen LogP) is 3.40. The van der Waals surface area contributed by atoms with E-state index in [0.717, 1.165) is 41.2 Å². The first kappa shape index (κ1) is 20.7. The van der Waals surface area contributed by atoms with Gasteiger partial charge in [-0.1, -0.05) is 34.8 Å². The van der Waals surface area contributed by atoms with Gasteiger partial charge in [0.05, 0.1) is 18.3 Å². The molecule has 1 aromatic carbocycles.